The molecule has 0 bridgehead atoms. The highest BCUT2D eigenvalue weighted by molar-refractivity contribution is 6.33. The maximum Gasteiger partial charge on any atom is 0.416 e. The summed E-state index contributed by atoms with van der Waals surface area (Å²) in [6, 6.07) is 4.25. The molecule has 1 rings (SSSR count). The van der Waals surface area contributed by atoms with E-state index in [0.29, 0.717) is 0 Å². The van der Waals surface area contributed by atoms with Crippen LogP contribution in [0.15, 0.2) is 30.0 Å². The van der Waals surface area contributed by atoms with Crippen LogP contribution in [0.5, 0.6) is 0 Å². The molecule has 0 amide bonds. The van der Waals surface area contributed by atoms with Crippen molar-refractivity contribution in [1.29, 1.82) is 5.26 Å². The lowest BCUT2D eigenvalue weighted by Crippen LogP contribution is -2.08. The Morgan fingerprint density at radius 3 is 2.71 bits per heavy atom. The van der Waals surface area contributed by atoms with Gasteiger partial charge in [0.1, 0.15) is 6.07 Å². The number of rotatable bonds is 4. The van der Waals surface area contributed by atoms with Crippen molar-refractivity contribution in [3.8, 4) is 6.07 Å². The molecular formula is C13H10ClF3N2O2. The molecule has 8 heteroatoms. The molecule has 0 aliphatic rings. The minimum atomic E-state index is -4.52. The van der Waals surface area contributed by atoms with Gasteiger partial charge < -0.3 is 10.1 Å². The van der Waals surface area contributed by atoms with Crippen LogP contribution in [0, 0.1) is 11.3 Å². The van der Waals surface area contributed by atoms with Gasteiger partial charge in [-0.1, -0.05) is 11.6 Å². The highest BCUT2D eigenvalue weighted by Gasteiger charge is 2.30. The van der Waals surface area contributed by atoms with Gasteiger partial charge in [-0.2, -0.15) is 18.4 Å². The molecule has 0 unspecified atom stereocenters. The van der Waals surface area contributed by atoms with Gasteiger partial charge in [0, 0.05) is 6.20 Å². The van der Waals surface area contributed by atoms with Crippen LogP contribution in [-0.4, -0.2) is 12.6 Å². The summed E-state index contributed by atoms with van der Waals surface area (Å²) < 4.78 is 42.4. The van der Waals surface area contributed by atoms with Crippen LogP contribution < -0.4 is 5.32 Å². The molecule has 112 valence electrons. The third-order valence-electron chi connectivity index (χ3n) is 2.28. The van der Waals surface area contributed by atoms with Crippen molar-refractivity contribution < 1.29 is 22.7 Å². The number of ether oxygens (including phenoxy) is 1. The van der Waals surface area contributed by atoms with Gasteiger partial charge in [0.15, 0.2) is 5.57 Å². The summed E-state index contributed by atoms with van der Waals surface area (Å²) in [4.78, 5) is 11.3. The van der Waals surface area contributed by atoms with E-state index in [1.165, 1.54) is 0 Å². The molecule has 0 fully saturated rings. The quantitative estimate of drug-likeness (QED) is 0.522. The lowest BCUT2D eigenvalue weighted by Gasteiger charge is -2.10. The molecule has 0 heterocycles. The lowest BCUT2D eigenvalue weighted by atomic mass is 10.2. The summed E-state index contributed by atoms with van der Waals surface area (Å²) in [7, 11) is 0. The molecule has 1 aromatic carbocycles. The first kappa shape index (κ1) is 16.9. The molecule has 0 radical (unpaired) electrons. The number of halogens is 4. The molecule has 1 N–H and O–H groups in total. The maximum atomic E-state index is 12.6. The number of nitrogens with zero attached hydrogens (tertiary/aromatic N) is 1. The van der Waals surface area contributed by atoms with Crippen molar-refractivity contribution in [3.63, 3.8) is 0 Å². The number of benzene rings is 1. The van der Waals surface area contributed by atoms with E-state index in [1.54, 1.807) is 13.0 Å². The first-order chi connectivity index (χ1) is 9.79. The van der Waals surface area contributed by atoms with Crippen LogP contribution in [0.1, 0.15) is 12.5 Å². The largest absolute Gasteiger partial charge is 0.462 e. The third-order valence-corrected chi connectivity index (χ3v) is 2.61. The average molecular weight is 319 g/mol. The number of hydrogen-bond donors (Lipinski definition) is 1. The van der Waals surface area contributed by atoms with Crippen LogP contribution in [0.2, 0.25) is 5.02 Å². The SMILES string of the molecule is CCOC(=O)/C(C#N)=C/Nc1cc(C(F)(F)F)ccc1Cl. The number of nitrogens with one attached hydrogen (secondary N) is 1. The molecule has 21 heavy (non-hydrogen) atoms. The Balaban J connectivity index is 3.02. The number of anilines is 1. The smallest absolute Gasteiger partial charge is 0.416 e. The van der Waals surface area contributed by atoms with Gasteiger partial charge in [-0.15, -0.1) is 0 Å². The van der Waals surface area contributed by atoms with Gasteiger partial charge in [0.2, 0.25) is 0 Å². The second-order valence-corrected chi connectivity index (χ2v) is 4.13. The summed E-state index contributed by atoms with van der Waals surface area (Å²) in [6.07, 6.45) is -3.58. The van der Waals surface area contributed by atoms with E-state index in [2.05, 4.69) is 10.1 Å². The fourth-order valence-electron chi connectivity index (χ4n) is 1.31. The highest BCUT2D eigenvalue weighted by atomic mass is 35.5. The number of nitriles is 1. The Bertz CT molecular complexity index is 606. The van der Waals surface area contributed by atoms with E-state index in [1.807, 2.05) is 0 Å². The molecule has 0 atom stereocenters. The Hall–Kier alpha value is -2.20. The van der Waals surface area contributed by atoms with Crippen molar-refractivity contribution in [2.45, 2.75) is 13.1 Å². The normalized spacial score (nSPS) is 11.7. The van der Waals surface area contributed by atoms with Gasteiger partial charge in [-0.25, -0.2) is 4.79 Å². The molecular weight excluding hydrogens is 309 g/mol. The number of alkyl halides is 3. The summed E-state index contributed by atoms with van der Waals surface area (Å²) >= 11 is 5.76. The van der Waals surface area contributed by atoms with Crippen molar-refractivity contribution in [2.24, 2.45) is 0 Å². The topological polar surface area (TPSA) is 62.1 Å². The number of hydrogen-bond acceptors (Lipinski definition) is 4. The van der Waals surface area contributed by atoms with Gasteiger partial charge in [0.25, 0.3) is 0 Å². The fraction of sp³-hybridized carbons (Fsp3) is 0.231. The van der Waals surface area contributed by atoms with Gasteiger partial charge in [-0.3, -0.25) is 0 Å². The average Bonchev–Trinajstić information content (AvgIpc) is 2.40. The zero-order valence-electron chi connectivity index (χ0n) is 10.8. The van der Waals surface area contributed by atoms with Gasteiger partial charge >= 0.3 is 12.1 Å². The summed E-state index contributed by atoms with van der Waals surface area (Å²) in [5, 5.41) is 11.2. The predicted octanol–water partition coefficient (Wildman–Crippen LogP) is 3.74. The van der Waals surface area contributed by atoms with E-state index in [9.17, 15) is 18.0 Å². The van der Waals surface area contributed by atoms with Gasteiger partial charge in [-0.05, 0) is 25.1 Å². The van der Waals surface area contributed by atoms with Crippen molar-refractivity contribution in [3.05, 3.63) is 40.6 Å². The Morgan fingerprint density at radius 2 is 2.19 bits per heavy atom. The minimum absolute atomic E-state index is 0.0143. The lowest BCUT2D eigenvalue weighted by molar-refractivity contribution is -0.138. The number of carbonyl (C=O) groups excluding carboxylic acids is 1. The van der Waals surface area contributed by atoms with Crippen LogP contribution in [0.25, 0.3) is 0 Å². The zero-order valence-corrected chi connectivity index (χ0v) is 11.5. The Labute approximate surface area is 123 Å². The van der Waals surface area contributed by atoms with E-state index in [-0.39, 0.29) is 22.9 Å². The number of esters is 1. The first-order valence-electron chi connectivity index (χ1n) is 5.70. The van der Waals surface area contributed by atoms with E-state index in [4.69, 9.17) is 16.9 Å². The summed E-state index contributed by atoms with van der Waals surface area (Å²) in [6.45, 7) is 1.63. The highest BCUT2D eigenvalue weighted by Crippen LogP contribution is 2.33. The second-order valence-electron chi connectivity index (χ2n) is 3.73. The summed E-state index contributed by atoms with van der Waals surface area (Å²) in [5.41, 5.74) is -1.37. The van der Waals surface area contributed by atoms with Crippen LogP contribution in [0.3, 0.4) is 0 Å². The van der Waals surface area contributed by atoms with Crippen LogP contribution in [0.4, 0.5) is 18.9 Å². The molecule has 0 aliphatic carbocycles. The summed E-state index contributed by atoms with van der Waals surface area (Å²) in [5.74, 6) is -0.879. The molecule has 0 saturated carbocycles. The van der Waals surface area contributed by atoms with Crippen LogP contribution in [-0.2, 0) is 15.7 Å². The van der Waals surface area contributed by atoms with E-state index >= 15 is 0 Å². The molecule has 1 aromatic rings. The predicted molar refractivity (Wildman–Crippen MR) is 70.4 cm³/mol. The zero-order chi connectivity index (χ0) is 16.0. The van der Waals surface area contributed by atoms with E-state index in [0.717, 1.165) is 24.4 Å². The minimum Gasteiger partial charge on any atom is -0.462 e. The van der Waals surface area contributed by atoms with Crippen molar-refractivity contribution >= 4 is 23.3 Å². The Kier molecular flexibility index (Phi) is 5.61. The maximum absolute atomic E-state index is 12.6. The van der Waals surface area contributed by atoms with E-state index < -0.39 is 17.7 Å². The molecule has 0 aromatic heterocycles. The second kappa shape index (κ2) is 6.99. The molecule has 0 spiro atoms. The standard InChI is InChI=1S/C13H10ClF3N2O2/c1-2-21-12(20)8(6-18)7-19-11-5-9(13(15,16)17)3-4-10(11)14/h3-5,7,19H,2H2,1H3/b8-7+. The monoisotopic (exact) mass is 318 g/mol. The van der Waals surface area contributed by atoms with Gasteiger partial charge in [0.05, 0.1) is 22.9 Å². The third kappa shape index (κ3) is 4.68. The van der Waals surface area contributed by atoms with Crippen molar-refractivity contribution in [1.82, 2.24) is 0 Å². The molecule has 0 saturated heterocycles. The van der Waals surface area contributed by atoms with Crippen molar-refractivity contribution in [2.75, 3.05) is 11.9 Å². The number of carbonyl (C=O) groups is 1. The fourth-order valence-corrected chi connectivity index (χ4v) is 1.48. The molecule has 0 aliphatic heterocycles. The van der Waals surface area contributed by atoms with Crippen LogP contribution >= 0.6 is 11.6 Å². The molecule has 4 nitrogen and oxygen atoms in total. The first-order valence-corrected chi connectivity index (χ1v) is 6.08. The Morgan fingerprint density at radius 1 is 1.52 bits per heavy atom.